The van der Waals surface area contributed by atoms with Crippen LogP contribution in [0.2, 0.25) is 0 Å². The molecule has 2 unspecified atom stereocenters. The van der Waals surface area contributed by atoms with Crippen LogP contribution in [-0.2, 0) is 4.79 Å². The van der Waals surface area contributed by atoms with Gasteiger partial charge in [0.1, 0.15) is 5.78 Å². The summed E-state index contributed by atoms with van der Waals surface area (Å²) in [6.07, 6.45) is 6.90. The van der Waals surface area contributed by atoms with Gasteiger partial charge in [-0.3, -0.25) is 4.79 Å². The van der Waals surface area contributed by atoms with E-state index in [1.54, 1.807) is 0 Å². The maximum atomic E-state index is 11.3. The van der Waals surface area contributed by atoms with Crippen LogP contribution in [0.15, 0.2) is 0 Å². The molecule has 0 aromatic carbocycles. The van der Waals surface area contributed by atoms with Crippen LogP contribution in [0, 0.1) is 17.3 Å². The van der Waals surface area contributed by atoms with Gasteiger partial charge < -0.3 is 0 Å². The van der Waals surface area contributed by atoms with E-state index in [1.165, 1.54) is 19.3 Å². The van der Waals surface area contributed by atoms with Crippen molar-refractivity contribution in [1.29, 1.82) is 0 Å². The van der Waals surface area contributed by atoms with E-state index >= 15 is 0 Å². The average Bonchev–Trinajstić information content (AvgIpc) is 2.02. The Labute approximate surface area is 80.9 Å². The first-order valence-electron chi connectivity index (χ1n) is 5.61. The molecule has 0 bridgehead atoms. The van der Waals surface area contributed by atoms with Gasteiger partial charge in [0.15, 0.2) is 0 Å². The molecular weight excluding hydrogens is 160 g/mol. The molecular formula is C12H20O. The molecule has 0 radical (unpaired) electrons. The standard InChI is InChI=1S/C12H20O/c1-12(2)7-3-4-9-8-10(13)5-6-11(9)12/h9,11H,3-8H2,1-2H3. The van der Waals surface area contributed by atoms with Crippen LogP contribution in [0.25, 0.3) is 0 Å². The Morgan fingerprint density at radius 2 is 2.08 bits per heavy atom. The van der Waals surface area contributed by atoms with Gasteiger partial charge in [0, 0.05) is 12.8 Å². The van der Waals surface area contributed by atoms with Crippen LogP contribution in [0.4, 0.5) is 0 Å². The predicted octanol–water partition coefficient (Wildman–Crippen LogP) is 3.18. The zero-order chi connectivity index (χ0) is 9.47. The van der Waals surface area contributed by atoms with E-state index in [9.17, 15) is 4.79 Å². The lowest BCUT2D eigenvalue weighted by molar-refractivity contribution is -0.125. The second kappa shape index (κ2) is 3.11. The number of hydrogen-bond acceptors (Lipinski definition) is 1. The van der Waals surface area contributed by atoms with E-state index in [2.05, 4.69) is 13.8 Å². The van der Waals surface area contributed by atoms with Gasteiger partial charge in [0.2, 0.25) is 0 Å². The second-order valence-electron chi connectivity index (χ2n) is 5.53. The van der Waals surface area contributed by atoms with E-state index in [1.807, 2.05) is 0 Å². The molecule has 0 amide bonds. The summed E-state index contributed by atoms with van der Waals surface area (Å²) in [4.78, 5) is 11.3. The van der Waals surface area contributed by atoms with Crippen LogP contribution in [0.3, 0.4) is 0 Å². The summed E-state index contributed by atoms with van der Waals surface area (Å²) in [6, 6.07) is 0. The maximum Gasteiger partial charge on any atom is 0.133 e. The Hall–Kier alpha value is -0.330. The highest BCUT2D eigenvalue weighted by molar-refractivity contribution is 5.79. The van der Waals surface area contributed by atoms with Gasteiger partial charge in [-0.15, -0.1) is 0 Å². The Bertz CT molecular complexity index is 217. The minimum absolute atomic E-state index is 0.504. The van der Waals surface area contributed by atoms with Gasteiger partial charge in [-0.25, -0.2) is 0 Å². The predicted molar refractivity (Wildman–Crippen MR) is 53.5 cm³/mol. The molecule has 1 nitrogen and oxygen atoms in total. The molecule has 2 aliphatic carbocycles. The summed E-state index contributed by atoms with van der Waals surface area (Å²) >= 11 is 0. The van der Waals surface area contributed by atoms with Crippen LogP contribution in [-0.4, -0.2) is 5.78 Å². The highest BCUT2D eigenvalue weighted by Crippen LogP contribution is 2.49. The van der Waals surface area contributed by atoms with E-state index in [-0.39, 0.29) is 0 Å². The van der Waals surface area contributed by atoms with E-state index in [4.69, 9.17) is 0 Å². The van der Waals surface area contributed by atoms with Crippen molar-refractivity contribution in [2.75, 3.05) is 0 Å². The van der Waals surface area contributed by atoms with Gasteiger partial charge in [0.25, 0.3) is 0 Å². The molecule has 0 aromatic heterocycles. The minimum Gasteiger partial charge on any atom is -0.300 e. The Morgan fingerprint density at radius 1 is 1.31 bits per heavy atom. The first kappa shape index (κ1) is 9.23. The van der Waals surface area contributed by atoms with Crippen molar-refractivity contribution in [2.45, 2.75) is 52.4 Å². The molecule has 2 atom stereocenters. The van der Waals surface area contributed by atoms with Crippen molar-refractivity contribution in [1.82, 2.24) is 0 Å². The van der Waals surface area contributed by atoms with Crippen LogP contribution in [0.1, 0.15) is 52.4 Å². The molecule has 0 N–H and O–H groups in total. The van der Waals surface area contributed by atoms with Crippen molar-refractivity contribution in [2.24, 2.45) is 17.3 Å². The average molecular weight is 180 g/mol. The number of carbonyl (C=O) groups is 1. The molecule has 0 heterocycles. The van der Waals surface area contributed by atoms with Crippen LogP contribution in [0.5, 0.6) is 0 Å². The molecule has 2 aliphatic rings. The summed E-state index contributed by atoms with van der Waals surface area (Å²) in [5.41, 5.74) is 0.504. The Kier molecular flexibility index (Phi) is 2.21. The molecule has 0 aliphatic heterocycles. The van der Waals surface area contributed by atoms with Crippen molar-refractivity contribution in [3.05, 3.63) is 0 Å². The van der Waals surface area contributed by atoms with Gasteiger partial charge >= 0.3 is 0 Å². The third-order valence-corrected chi connectivity index (χ3v) is 4.19. The number of carbonyl (C=O) groups excluding carboxylic acids is 1. The maximum absolute atomic E-state index is 11.3. The summed E-state index contributed by atoms with van der Waals surface area (Å²) in [6.45, 7) is 4.78. The van der Waals surface area contributed by atoms with Gasteiger partial charge in [-0.2, -0.15) is 0 Å². The number of fused-ring (bicyclic) bond motifs is 1. The highest BCUT2D eigenvalue weighted by atomic mass is 16.1. The number of hydrogen-bond donors (Lipinski definition) is 0. The van der Waals surface area contributed by atoms with Gasteiger partial charge in [-0.05, 0) is 36.5 Å². The normalized spacial score (nSPS) is 38.5. The third kappa shape index (κ3) is 1.66. The molecule has 2 rings (SSSR count). The smallest absolute Gasteiger partial charge is 0.133 e. The largest absolute Gasteiger partial charge is 0.300 e. The molecule has 0 aromatic rings. The summed E-state index contributed by atoms with van der Waals surface area (Å²) in [5.74, 6) is 2.07. The first-order valence-corrected chi connectivity index (χ1v) is 5.61. The lowest BCUT2D eigenvalue weighted by atomic mass is 9.59. The highest BCUT2D eigenvalue weighted by Gasteiger charge is 2.41. The fourth-order valence-corrected chi connectivity index (χ4v) is 3.43. The molecule has 0 saturated heterocycles. The number of rotatable bonds is 0. The first-order chi connectivity index (χ1) is 6.09. The second-order valence-corrected chi connectivity index (χ2v) is 5.53. The van der Waals surface area contributed by atoms with E-state index < -0.39 is 0 Å². The fourth-order valence-electron chi connectivity index (χ4n) is 3.43. The topological polar surface area (TPSA) is 17.1 Å². The number of ketones is 1. The monoisotopic (exact) mass is 180 g/mol. The Morgan fingerprint density at radius 3 is 2.85 bits per heavy atom. The van der Waals surface area contributed by atoms with Gasteiger partial charge in [-0.1, -0.05) is 20.3 Å². The Balaban J connectivity index is 2.12. The van der Waals surface area contributed by atoms with Gasteiger partial charge in [0.05, 0.1) is 0 Å². The summed E-state index contributed by atoms with van der Waals surface area (Å²) in [7, 11) is 0. The summed E-state index contributed by atoms with van der Waals surface area (Å²) < 4.78 is 0. The molecule has 13 heavy (non-hydrogen) atoms. The van der Waals surface area contributed by atoms with Crippen LogP contribution < -0.4 is 0 Å². The summed E-state index contributed by atoms with van der Waals surface area (Å²) in [5, 5.41) is 0. The van der Waals surface area contributed by atoms with E-state index in [0.29, 0.717) is 11.2 Å². The molecule has 1 heteroatoms. The van der Waals surface area contributed by atoms with Crippen molar-refractivity contribution in [3.8, 4) is 0 Å². The minimum atomic E-state index is 0.504. The zero-order valence-corrected chi connectivity index (χ0v) is 8.81. The molecule has 0 spiro atoms. The molecule has 2 fully saturated rings. The zero-order valence-electron chi connectivity index (χ0n) is 8.81. The fraction of sp³-hybridized carbons (Fsp3) is 0.917. The van der Waals surface area contributed by atoms with Crippen LogP contribution >= 0.6 is 0 Å². The van der Waals surface area contributed by atoms with E-state index in [0.717, 1.165) is 31.1 Å². The van der Waals surface area contributed by atoms with Crippen molar-refractivity contribution >= 4 is 5.78 Å². The molecule has 74 valence electrons. The number of Topliss-reactive ketones (excluding diaryl/α,β-unsaturated/α-hetero) is 1. The quantitative estimate of drug-likeness (QED) is 0.559. The lowest BCUT2D eigenvalue weighted by Gasteiger charge is -2.46. The van der Waals surface area contributed by atoms with Crippen molar-refractivity contribution in [3.63, 3.8) is 0 Å². The molecule has 2 saturated carbocycles. The lowest BCUT2D eigenvalue weighted by Crippen LogP contribution is -2.39. The SMILES string of the molecule is CC1(C)CCCC2CC(=O)CCC21. The third-order valence-electron chi connectivity index (χ3n) is 4.19. The van der Waals surface area contributed by atoms with Crippen molar-refractivity contribution < 1.29 is 4.79 Å².